The molecular formula is C15H21N3S. The Kier molecular flexibility index (Phi) is 3.21. The maximum atomic E-state index is 5.85. The van der Waals surface area contributed by atoms with Gasteiger partial charge in [-0.1, -0.05) is 12.8 Å². The van der Waals surface area contributed by atoms with E-state index in [1.165, 1.54) is 31.2 Å². The molecule has 2 N–H and O–H groups in total. The smallest absolute Gasteiger partial charge is 0.106 e. The Morgan fingerprint density at radius 2 is 2.11 bits per heavy atom. The molecule has 0 bridgehead atoms. The number of fused-ring (bicyclic) bond motifs is 1. The minimum Gasteiger partial charge on any atom is -0.399 e. The first-order chi connectivity index (χ1) is 9.13. The molecule has 1 saturated carbocycles. The largest absolute Gasteiger partial charge is 0.399 e. The van der Waals surface area contributed by atoms with Crippen LogP contribution in [0.2, 0.25) is 0 Å². The highest BCUT2D eigenvalue weighted by atomic mass is 32.2. The lowest BCUT2D eigenvalue weighted by Gasteiger charge is -2.28. The molecule has 3 nitrogen and oxygen atoms in total. The van der Waals surface area contributed by atoms with Crippen molar-refractivity contribution in [2.45, 2.75) is 43.9 Å². The molecule has 102 valence electrons. The molecule has 0 spiro atoms. The summed E-state index contributed by atoms with van der Waals surface area (Å²) in [6.07, 6.45) is 7.61. The quantitative estimate of drug-likeness (QED) is 0.870. The predicted molar refractivity (Wildman–Crippen MR) is 83.6 cm³/mol. The molecule has 1 aromatic carbocycles. The van der Waals surface area contributed by atoms with Gasteiger partial charge in [-0.15, -0.1) is 0 Å². The predicted octanol–water partition coefficient (Wildman–Crippen LogP) is 3.60. The zero-order valence-electron chi connectivity index (χ0n) is 11.6. The van der Waals surface area contributed by atoms with Crippen LogP contribution in [0, 0.1) is 6.92 Å². The number of aryl methyl sites for hydroxylation is 1. The van der Waals surface area contributed by atoms with Gasteiger partial charge in [0.1, 0.15) is 5.82 Å². The lowest BCUT2D eigenvalue weighted by atomic mass is 10.1. The van der Waals surface area contributed by atoms with Crippen molar-refractivity contribution in [3.05, 3.63) is 24.0 Å². The van der Waals surface area contributed by atoms with Crippen LogP contribution in [0.4, 0.5) is 5.69 Å². The summed E-state index contributed by atoms with van der Waals surface area (Å²) < 4.78 is 2.77. The second-order valence-corrected chi connectivity index (χ2v) is 6.86. The van der Waals surface area contributed by atoms with Crippen LogP contribution in [-0.4, -0.2) is 20.6 Å². The molecule has 19 heavy (non-hydrogen) atoms. The van der Waals surface area contributed by atoms with Crippen LogP contribution in [0.15, 0.2) is 18.2 Å². The third-order valence-corrected chi connectivity index (χ3v) is 5.76. The SMILES string of the molecule is CSC1(Cn2c(C)nc3cc(N)ccc32)CCCC1. The molecule has 0 aliphatic heterocycles. The second kappa shape index (κ2) is 4.75. The van der Waals surface area contributed by atoms with Crippen molar-refractivity contribution < 1.29 is 0 Å². The summed E-state index contributed by atoms with van der Waals surface area (Å²) in [6.45, 7) is 3.17. The van der Waals surface area contributed by atoms with Gasteiger partial charge in [-0.3, -0.25) is 0 Å². The highest BCUT2D eigenvalue weighted by Crippen LogP contribution is 2.42. The van der Waals surface area contributed by atoms with Crippen LogP contribution in [-0.2, 0) is 6.54 Å². The molecule has 1 fully saturated rings. The molecule has 3 rings (SSSR count). The van der Waals surface area contributed by atoms with Gasteiger partial charge in [-0.05, 0) is 44.2 Å². The Labute approximate surface area is 118 Å². The highest BCUT2D eigenvalue weighted by Gasteiger charge is 2.34. The molecule has 4 heteroatoms. The molecule has 0 saturated heterocycles. The number of thioether (sulfide) groups is 1. The fraction of sp³-hybridized carbons (Fsp3) is 0.533. The van der Waals surface area contributed by atoms with E-state index in [2.05, 4.69) is 28.8 Å². The van der Waals surface area contributed by atoms with E-state index in [9.17, 15) is 0 Å². The van der Waals surface area contributed by atoms with Gasteiger partial charge in [0.05, 0.1) is 11.0 Å². The molecule has 0 amide bonds. The Hall–Kier alpha value is -1.16. The van der Waals surface area contributed by atoms with E-state index in [1.807, 2.05) is 23.9 Å². The van der Waals surface area contributed by atoms with E-state index in [0.717, 1.165) is 23.6 Å². The summed E-state index contributed by atoms with van der Waals surface area (Å²) in [4.78, 5) is 4.66. The Morgan fingerprint density at radius 3 is 2.79 bits per heavy atom. The number of imidazole rings is 1. The van der Waals surface area contributed by atoms with Crippen LogP contribution in [0.1, 0.15) is 31.5 Å². The van der Waals surface area contributed by atoms with E-state index in [-0.39, 0.29) is 0 Å². The minimum absolute atomic E-state index is 0.403. The van der Waals surface area contributed by atoms with Crippen LogP contribution < -0.4 is 5.73 Å². The second-order valence-electron chi connectivity index (χ2n) is 5.59. The first kappa shape index (κ1) is 12.9. The third-order valence-electron chi connectivity index (χ3n) is 4.36. The average molecular weight is 275 g/mol. The summed E-state index contributed by atoms with van der Waals surface area (Å²) in [5.74, 6) is 1.10. The Bertz CT molecular complexity index is 597. The number of aromatic nitrogens is 2. The van der Waals surface area contributed by atoms with Gasteiger partial charge < -0.3 is 10.3 Å². The number of benzene rings is 1. The van der Waals surface area contributed by atoms with Gasteiger partial charge in [0.25, 0.3) is 0 Å². The fourth-order valence-corrected chi connectivity index (χ4v) is 4.16. The molecule has 2 aromatic rings. The van der Waals surface area contributed by atoms with Crippen LogP contribution >= 0.6 is 11.8 Å². The lowest BCUT2D eigenvalue weighted by Crippen LogP contribution is -2.27. The molecule has 1 aliphatic carbocycles. The number of hydrogen-bond donors (Lipinski definition) is 1. The van der Waals surface area contributed by atoms with Crippen molar-refractivity contribution in [1.82, 2.24) is 9.55 Å². The zero-order chi connectivity index (χ0) is 13.5. The average Bonchev–Trinajstić information content (AvgIpc) is 2.96. The lowest BCUT2D eigenvalue weighted by molar-refractivity contribution is 0.506. The fourth-order valence-electron chi connectivity index (χ4n) is 3.20. The van der Waals surface area contributed by atoms with E-state index in [1.54, 1.807) is 0 Å². The van der Waals surface area contributed by atoms with Gasteiger partial charge >= 0.3 is 0 Å². The maximum absolute atomic E-state index is 5.85. The van der Waals surface area contributed by atoms with Gasteiger partial charge in [-0.2, -0.15) is 11.8 Å². The first-order valence-corrected chi connectivity index (χ1v) is 8.14. The van der Waals surface area contributed by atoms with E-state index >= 15 is 0 Å². The first-order valence-electron chi connectivity index (χ1n) is 6.91. The van der Waals surface area contributed by atoms with Crippen LogP contribution in [0.5, 0.6) is 0 Å². The van der Waals surface area contributed by atoms with Crippen molar-refractivity contribution >= 4 is 28.5 Å². The van der Waals surface area contributed by atoms with Crippen molar-refractivity contribution in [3.8, 4) is 0 Å². The highest BCUT2D eigenvalue weighted by molar-refractivity contribution is 8.00. The van der Waals surface area contributed by atoms with E-state index < -0.39 is 0 Å². The molecule has 0 unspecified atom stereocenters. The van der Waals surface area contributed by atoms with Crippen molar-refractivity contribution in [2.75, 3.05) is 12.0 Å². The van der Waals surface area contributed by atoms with E-state index in [4.69, 9.17) is 5.73 Å². The number of rotatable bonds is 3. The summed E-state index contributed by atoms with van der Waals surface area (Å²) in [5.41, 5.74) is 8.87. The summed E-state index contributed by atoms with van der Waals surface area (Å²) in [7, 11) is 0. The monoisotopic (exact) mass is 275 g/mol. The standard InChI is InChI=1S/C15H21N3S/c1-11-17-13-9-12(16)5-6-14(13)18(11)10-15(19-2)7-3-4-8-15/h5-6,9H,3-4,7-8,10,16H2,1-2H3. The zero-order valence-corrected chi connectivity index (χ0v) is 12.5. The number of nitrogens with two attached hydrogens (primary N) is 1. The number of anilines is 1. The number of nitrogen functional groups attached to an aromatic ring is 1. The molecule has 1 aliphatic rings. The van der Waals surface area contributed by atoms with Gasteiger partial charge in [0, 0.05) is 17.0 Å². The number of nitrogens with zero attached hydrogens (tertiary/aromatic N) is 2. The van der Waals surface area contributed by atoms with Crippen molar-refractivity contribution in [3.63, 3.8) is 0 Å². The minimum atomic E-state index is 0.403. The summed E-state index contributed by atoms with van der Waals surface area (Å²) in [5, 5.41) is 0. The molecule has 1 aromatic heterocycles. The Morgan fingerprint density at radius 1 is 1.37 bits per heavy atom. The molecule has 1 heterocycles. The normalized spacial score (nSPS) is 18.2. The number of hydrogen-bond acceptors (Lipinski definition) is 3. The summed E-state index contributed by atoms with van der Waals surface area (Å²) >= 11 is 2.03. The molecule has 0 radical (unpaired) electrons. The molecular weight excluding hydrogens is 254 g/mol. The van der Waals surface area contributed by atoms with Crippen LogP contribution in [0.3, 0.4) is 0 Å². The van der Waals surface area contributed by atoms with E-state index in [0.29, 0.717) is 4.75 Å². The van der Waals surface area contributed by atoms with Gasteiger partial charge in [-0.25, -0.2) is 4.98 Å². The van der Waals surface area contributed by atoms with Crippen molar-refractivity contribution in [1.29, 1.82) is 0 Å². The molecule has 0 atom stereocenters. The Balaban J connectivity index is 2.02. The third kappa shape index (κ3) is 2.22. The summed E-state index contributed by atoms with van der Waals surface area (Å²) in [6, 6.07) is 6.05. The van der Waals surface area contributed by atoms with Gasteiger partial charge in [0.2, 0.25) is 0 Å². The maximum Gasteiger partial charge on any atom is 0.106 e. The van der Waals surface area contributed by atoms with Crippen molar-refractivity contribution in [2.24, 2.45) is 0 Å². The van der Waals surface area contributed by atoms with Crippen LogP contribution in [0.25, 0.3) is 11.0 Å². The van der Waals surface area contributed by atoms with Gasteiger partial charge in [0.15, 0.2) is 0 Å². The topological polar surface area (TPSA) is 43.8 Å².